The maximum Gasteiger partial charge on any atom is 0.224 e. The van der Waals surface area contributed by atoms with Crippen molar-refractivity contribution in [3.63, 3.8) is 0 Å². The second-order valence-corrected chi connectivity index (χ2v) is 6.17. The average Bonchev–Trinajstić information content (AvgIpc) is 2.66. The van der Waals surface area contributed by atoms with Gasteiger partial charge in [-0.05, 0) is 23.3 Å². The SMILES string of the molecule is O=C(Cc1ccc(F)cc1F)NC[C@@H](c1cccnc1)N1CCOCC1. The van der Waals surface area contributed by atoms with Gasteiger partial charge in [-0.25, -0.2) is 8.78 Å². The Balaban J connectivity index is 1.64. The number of nitrogens with zero attached hydrogens (tertiary/aromatic N) is 2. The summed E-state index contributed by atoms with van der Waals surface area (Å²) >= 11 is 0. The van der Waals surface area contributed by atoms with Crippen molar-refractivity contribution in [3.05, 3.63) is 65.5 Å². The minimum absolute atomic E-state index is 0.0328. The summed E-state index contributed by atoms with van der Waals surface area (Å²) in [7, 11) is 0. The molecule has 1 amide bonds. The molecule has 5 nitrogen and oxygen atoms in total. The lowest BCUT2D eigenvalue weighted by atomic mass is 10.1. The van der Waals surface area contributed by atoms with Crippen LogP contribution in [0.4, 0.5) is 8.78 Å². The van der Waals surface area contributed by atoms with E-state index in [0.717, 1.165) is 30.8 Å². The van der Waals surface area contributed by atoms with Gasteiger partial charge in [0, 0.05) is 38.1 Å². The van der Waals surface area contributed by atoms with Crippen molar-refractivity contribution >= 4 is 5.91 Å². The van der Waals surface area contributed by atoms with Crippen LogP contribution in [0.3, 0.4) is 0 Å². The van der Waals surface area contributed by atoms with Crippen molar-refractivity contribution in [2.45, 2.75) is 12.5 Å². The number of rotatable bonds is 6. The van der Waals surface area contributed by atoms with Crippen molar-refractivity contribution in [1.82, 2.24) is 15.2 Å². The van der Waals surface area contributed by atoms with Gasteiger partial charge in [0.05, 0.1) is 25.7 Å². The molecule has 7 heteroatoms. The van der Waals surface area contributed by atoms with Crippen molar-refractivity contribution in [2.75, 3.05) is 32.8 Å². The molecular weight excluding hydrogens is 340 g/mol. The van der Waals surface area contributed by atoms with Gasteiger partial charge in [0.1, 0.15) is 11.6 Å². The molecule has 26 heavy (non-hydrogen) atoms. The number of pyridine rings is 1. The molecule has 1 aliphatic rings. The largest absolute Gasteiger partial charge is 0.379 e. The molecule has 138 valence electrons. The topological polar surface area (TPSA) is 54.5 Å². The number of hydrogen-bond acceptors (Lipinski definition) is 4. The van der Waals surface area contributed by atoms with Crippen LogP contribution in [0.1, 0.15) is 17.2 Å². The summed E-state index contributed by atoms with van der Waals surface area (Å²) in [6.07, 6.45) is 3.36. The third-order valence-corrected chi connectivity index (χ3v) is 4.41. The monoisotopic (exact) mass is 361 g/mol. The van der Waals surface area contributed by atoms with E-state index in [4.69, 9.17) is 4.74 Å². The van der Waals surface area contributed by atoms with E-state index in [0.29, 0.717) is 19.8 Å². The van der Waals surface area contributed by atoms with E-state index in [1.807, 2.05) is 12.1 Å². The van der Waals surface area contributed by atoms with E-state index in [2.05, 4.69) is 15.2 Å². The van der Waals surface area contributed by atoms with Gasteiger partial charge in [-0.2, -0.15) is 0 Å². The Morgan fingerprint density at radius 1 is 1.27 bits per heavy atom. The molecule has 3 rings (SSSR count). The first-order chi connectivity index (χ1) is 12.6. The number of benzene rings is 1. The number of nitrogens with one attached hydrogen (secondary N) is 1. The van der Waals surface area contributed by atoms with Gasteiger partial charge in [-0.1, -0.05) is 12.1 Å². The molecule has 1 aromatic heterocycles. The normalized spacial score (nSPS) is 16.2. The molecule has 0 radical (unpaired) electrons. The third-order valence-electron chi connectivity index (χ3n) is 4.41. The van der Waals surface area contributed by atoms with Crippen molar-refractivity contribution in [1.29, 1.82) is 0 Å². The zero-order chi connectivity index (χ0) is 18.4. The van der Waals surface area contributed by atoms with Crippen LogP contribution < -0.4 is 5.32 Å². The van der Waals surface area contributed by atoms with E-state index < -0.39 is 11.6 Å². The van der Waals surface area contributed by atoms with Crippen LogP contribution in [0.25, 0.3) is 0 Å². The van der Waals surface area contributed by atoms with Crippen LogP contribution in [0.5, 0.6) is 0 Å². The predicted molar refractivity (Wildman–Crippen MR) is 92.4 cm³/mol. The van der Waals surface area contributed by atoms with E-state index in [1.54, 1.807) is 12.4 Å². The lowest BCUT2D eigenvalue weighted by Gasteiger charge is -2.34. The van der Waals surface area contributed by atoms with Crippen LogP contribution >= 0.6 is 0 Å². The molecule has 0 unspecified atom stereocenters. The molecule has 0 saturated carbocycles. The van der Waals surface area contributed by atoms with E-state index in [9.17, 15) is 13.6 Å². The van der Waals surface area contributed by atoms with Gasteiger partial charge in [0.15, 0.2) is 0 Å². The number of carbonyl (C=O) groups excluding carboxylic acids is 1. The Hall–Kier alpha value is -2.38. The minimum atomic E-state index is -0.711. The quantitative estimate of drug-likeness (QED) is 0.856. The number of ether oxygens (including phenoxy) is 1. The van der Waals surface area contributed by atoms with Crippen LogP contribution in [0.15, 0.2) is 42.7 Å². The Labute approximate surface area is 151 Å². The highest BCUT2D eigenvalue weighted by molar-refractivity contribution is 5.78. The van der Waals surface area contributed by atoms with Crippen molar-refractivity contribution < 1.29 is 18.3 Å². The van der Waals surface area contributed by atoms with Crippen LogP contribution in [0.2, 0.25) is 0 Å². The maximum absolute atomic E-state index is 13.7. The fourth-order valence-electron chi connectivity index (χ4n) is 3.03. The fourth-order valence-corrected chi connectivity index (χ4v) is 3.03. The van der Waals surface area contributed by atoms with Gasteiger partial charge in [-0.15, -0.1) is 0 Å². The predicted octanol–water partition coefficient (Wildman–Crippen LogP) is 2.09. The van der Waals surface area contributed by atoms with Crippen LogP contribution in [0, 0.1) is 11.6 Å². The molecule has 0 aliphatic carbocycles. The molecule has 0 spiro atoms. The summed E-state index contributed by atoms with van der Waals surface area (Å²) < 4.78 is 32.1. The van der Waals surface area contributed by atoms with Gasteiger partial charge >= 0.3 is 0 Å². The third kappa shape index (κ3) is 4.83. The summed E-state index contributed by atoms with van der Waals surface area (Å²) in [5.74, 6) is -1.68. The number of aromatic nitrogens is 1. The fraction of sp³-hybridized carbons (Fsp3) is 0.368. The van der Waals surface area contributed by atoms with Gasteiger partial charge in [0.2, 0.25) is 5.91 Å². The summed E-state index contributed by atoms with van der Waals surface area (Å²) in [5, 5.41) is 2.86. The summed E-state index contributed by atoms with van der Waals surface area (Å²) in [6.45, 7) is 3.20. The summed E-state index contributed by atoms with van der Waals surface area (Å²) in [5.41, 5.74) is 1.18. The highest BCUT2D eigenvalue weighted by Gasteiger charge is 2.23. The molecule has 1 fully saturated rings. The Kier molecular flexibility index (Phi) is 6.25. The summed E-state index contributed by atoms with van der Waals surface area (Å²) in [4.78, 5) is 18.6. The van der Waals surface area contributed by atoms with Crippen LogP contribution in [-0.4, -0.2) is 48.6 Å². The van der Waals surface area contributed by atoms with Gasteiger partial charge in [-0.3, -0.25) is 14.7 Å². The smallest absolute Gasteiger partial charge is 0.224 e. The van der Waals surface area contributed by atoms with E-state index >= 15 is 0 Å². The standard InChI is InChI=1S/C19H21F2N3O2/c20-16-4-3-14(17(21)11-16)10-19(25)23-13-18(15-2-1-5-22-12-15)24-6-8-26-9-7-24/h1-5,11-12,18H,6-10,13H2,(H,23,25)/t18-/m0/s1. The molecule has 1 atom stereocenters. The number of hydrogen-bond donors (Lipinski definition) is 1. The van der Waals surface area contributed by atoms with E-state index in [-0.39, 0.29) is 23.9 Å². The number of carbonyl (C=O) groups is 1. The number of halogens is 2. The first kappa shape index (κ1) is 18.4. The molecule has 1 aliphatic heterocycles. The first-order valence-electron chi connectivity index (χ1n) is 8.56. The average molecular weight is 361 g/mol. The Bertz CT molecular complexity index is 737. The van der Waals surface area contributed by atoms with Crippen LogP contribution in [-0.2, 0) is 16.0 Å². The zero-order valence-electron chi connectivity index (χ0n) is 14.3. The first-order valence-corrected chi connectivity index (χ1v) is 8.56. The molecule has 1 aromatic carbocycles. The molecule has 0 bridgehead atoms. The summed E-state index contributed by atoms with van der Waals surface area (Å²) in [6, 6.07) is 7.03. The van der Waals surface area contributed by atoms with Crippen molar-refractivity contribution in [3.8, 4) is 0 Å². The molecule has 1 saturated heterocycles. The lowest BCUT2D eigenvalue weighted by Crippen LogP contribution is -2.44. The van der Waals surface area contributed by atoms with Gasteiger partial charge in [0.25, 0.3) is 0 Å². The second kappa shape index (κ2) is 8.82. The lowest BCUT2D eigenvalue weighted by molar-refractivity contribution is -0.120. The second-order valence-electron chi connectivity index (χ2n) is 6.17. The minimum Gasteiger partial charge on any atom is -0.379 e. The molecule has 1 N–H and O–H groups in total. The molecular formula is C19H21F2N3O2. The highest BCUT2D eigenvalue weighted by Crippen LogP contribution is 2.20. The van der Waals surface area contributed by atoms with Crippen molar-refractivity contribution in [2.24, 2.45) is 0 Å². The van der Waals surface area contributed by atoms with E-state index in [1.165, 1.54) is 6.07 Å². The number of amides is 1. The van der Waals surface area contributed by atoms with Gasteiger partial charge < -0.3 is 10.1 Å². The number of morpholine rings is 1. The maximum atomic E-state index is 13.7. The highest BCUT2D eigenvalue weighted by atomic mass is 19.1. The zero-order valence-corrected chi connectivity index (χ0v) is 14.3. The Morgan fingerprint density at radius 2 is 2.08 bits per heavy atom. The molecule has 2 heterocycles. The molecule has 2 aromatic rings. The Morgan fingerprint density at radius 3 is 2.77 bits per heavy atom.